The largest absolute Gasteiger partial charge is 0.395 e. The summed E-state index contributed by atoms with van der Waals surface area (Å²) in [5.41, 5.74) is 8.15. The summed E-state index contributed by atoms with van der Waals surface area (Å²) in [6.45, 7) is 1.97. The number of pyridine rings is 1. The number of amidine groups is 1. The number of rotatable bonds is 7. The van der Waals surface area contributed by atoms with Gasteiger partial charge >= 0.3 is 0 Å². The Bertz CT molecular complexity index is 586. The first kappa shape index (κ1) is 15.2. The Hall–Kier alpha value is -2.24. The summed E-state index contributed by atoms with van der Waals surface area (Å²) in [4.78, 5) is 6.27. The Labute approximate surface area is 124 Å². The molecule has 2 aromatic rings. The van der Waals surface area contributed by atoms with Crippen LogP contribution in [-0.4, -0.2) is 34.0 Å². The van der Waals surface area contributed by atoms with Crippen LogP contribution < -0.4 is 5.73 Å². The molecule has 0 aliphatic heterocycles. The highest BCUT2D eigenvalue weighted by Crippen LogP contribution is 2.12. The van der Waals surface area contributed by atoms with Crippen molar-refractivity contribution in [1.29, 1.82) is 5.41 Å². The van der Waals surface area contributed by atoms with Gasteiger partial charge in [-0.3, -0.25) is 15.3 Å². The van der Waals surface area contributed by atoms with Crippen LogP contribution in [0.15, 0.2) is 48.7 Å². The molecular weight excluding hydrogens is 264 g/mol. The molecule has 5 nitrogen and oxygen atoms in total. The molecule has 0 amide bonds. The van der Waals surface area contributed by atoms with E-state index < -0.39 is 0 Å². The van der Waals surface area contributed by atoms with Crippen molar-refractivity contribution in [3.8, 4) is 0 Å². The van der Waals surface area contributed by atoms with E-state index in [2.05, 4.69) is 22.0 Å². The minimum absolute atomic E-state index is 0.0331. The molecule has 0 aliphatic rings. The van der Waals surface area contributed by atoms with Crippen LogP contribution in [0.5, 0.6) is 0 Å². The molecule has 0 saturated heterocycles. The lowest BCUT2D eigenvalue weighted by Crippen LogP contribution is -2.28. The van der Waals surface area contributed by atoms with Crippen LogP contribution in [-0.2, 0) is 13.1 Å². The van der Waals surface area contributed by atoms with Crippen molar-refractivity contribution in [3.63, 3.8) is 0 Å². The second kappa shape index (κ2) is 7.52. The van der Waals surface area contributed by atoms with Gasteiger partial charge in [-0.1, -0.05) is 36.4 Å². The summed E-state index contributed by atoms with van der Waals surface area (Å²) in [5.74, 6) is -0.0331. The molecule has 0 saturated carbocycles. The first-order valence-electron chi connectivity index (χ1n) is 6.86. The number of nitrogen functional groups attached to an aromatic ring is 1. The van der Waals surface area contributed by atoms with E-state index in [1.54, 1.807) is 6.20 Å². The molecular formula is C16H20N4O. The van der Waals surface area contributed by atoms with Crippen molar-refractivity contribution in [2.75, 3.05) is 13.2 Å². The molecule has 0 unspecified atom stereocenters. The quantitative estimate of drug-likeness (QED) is 0.529. The summed E-state index contributed by atoms with van der Waals surface area (Å²) in [5, 5.41) is 16.8. The predicted molar refractivity (Wildman–Crippen MR) is 82.9 cm³/mol. The maximum Gasteiger partial charge on any atom is 0.142 e. The molecule has 5 heteroatoms. The molecule has 0 spiro atoms. The third-order valence-electron chi connectivity index (χ3n) is 3.21. The first-order valence-corrected chi connectivity index (χ1v) is 6.86. The highest BCUT2D eigenvalue weighted by Gasteiger charge is 2.11. The van der Waals surface area contributed by atoms with E-state index in [4.69, 9.17) is 11.1 Å². The highest BCUT2D eigenvalue weighted by molar-refractivity contribution is 5.94. The van der Waals surface area contributed by atoms with E-state index in [0.29, 0.717) is 18.8 Å². The van der Waals surface area contributed by atoms with Gasteiger partial charge in [0.05, 0.1) is 6.61 Å². The van der Waals surface area contributed by atoms with E-state index in [1.807, 2.05) is 30.3 Å². The fourth-order valence-corrected chi connectivity index (χ4v) is 2.25. The van der Waals surface area contributed by atoms with Gasteiger partial charge in [0.2, 0.25) is 0 Å². The maximum absolute atomic E-state index is 9.25. The standard InChI is InChI=1S/C16H20N4O/c17-16(18)15-14(7-4-8-19-15)12-20(9-10-21)11-13-5-2-1-3-6-13/h1-8,21H,9-12H2,(H3,17,18). The number of nitrogens with one attached hydrogen (secondary N) is 1. The molecule has 0 atom stereocenters. The normalized spacial score (nSPS) is 10.8. The van der Waals surface area contributed by atoms with E-state index in [0.717, 1.165) is 12.1 Å². The number of aromatic nitrogens is 1. The molecule has 110 valence electrons. The summed E-state index contributed by atoms with van der Waals surface area (Å²) in [6, 6.07) is 13.8. The average molecular weight is 284 g/mol. The highest BCUT2D eigenvalue weighted by atomic mass is 16.3. The van der Waals surface area contributed by atoms with E-state index in [1.165, 1.54) is 5.56 Å². The minimum Gasteiger partial charge on any atom is -0.395 e. The van der Waals surface area contributed by atoms with Gasteiger partial charge in [-0.25, -0.2) is 0 Å². The summed E-state index contributed by atoms with van der Waals surface area (Å²) in [7, 11) is 0. The van der Waals surface area contributed by atoms with Gasteiger partial charge in [-0.15, -0.1) is 0 Å². The molecule has 0 bridgehead atoms. The van der Waals surface area contributed by atoms with Crippen LogP contribution in [0.4, 0.5) is 0 Å². The smallest absolute Gasteiger partial charge is 0.142 e. The van der Waals surface area contributed by atoms with Gasteiger partial charge in [0, 0.05) is 25.8 Å². The monoisotopic (exact) mass is 284 g/mol. The van der Waals surface area contributed by atoms with Crippen molar-refractivity contribution in [2.45, 2.75) is 13.1 Å². The van der Waals surface area contributed by atoms with E-state index >= 15 is 0 Å². The Morgan fingerprint density at radius 2 is 1.90 bits per heavy atom. The molecule has 1 aromatic carbocycles. The molecule has 0 fully saturated rings. The lowest BCUT2D eigenvalue weighted by atomic mass is 10.1. The Kier molecular flexibility index (Phi) is 5.43. The number of nitrogens with zero attached hydrogens (tertiary/aromatic N) is 2. The lowest BCUT2D eigenvalue weighted by molar-refractivity contribution is 0.184. The molecule has 21 heavy (non-hydrogen) atoms. The van der Waals surface area contributed by atoms with Crippen molar-refractivity contribution in [2.24, 2.45) is 5.73 Å². The molecule has 1 aromatic heterocycles. The Morgan fingerprint density at radius 1 is 1.14 bits per heavy atom. The van der Waals surface area contributed by atoms with Crippen molar-refractivity contribution in [1.82, 2.24) is 9.88 Å². The van der Waals surface area contributed by atoms with Crippen molar-refractivity contribution < 1.29 is 5.11 Å². The average Bonchev–Trinajstić information content (AvgIpc) is 2.49. The van der Waals surface area contributed by atoms with Crippen LogP contribution >= 0.6 is 0 Å². The lowest BCUT2D eigenvalue weighted by Gasteiger charge is -2.22. The number of hydrogen-bond donors (Lipinski definition) is 3. The Morgan fingerprint density at radius 3 is 2.57 bits per heavy atom. The van der Waals surface area contributed by atoms with Gasteiger partial charge in [-0.2, -0.15) is 0 Å². The Balaban J connectivity index is 2.15. The number of aliphatic hydroxyl groups is 1. The second-order valence-electron chi connectivity index (χ2n) is 4.84. The predicted octanol–water partition coefficient (Wildman–Crippen LogP) is 1.36. The van der Waals surface area contributed by atoms with Crippen molar-refractivity contribution in [3.05, 3.63) is 65.5 Å². The topological polar surface area (TPSA) is 86.2 Å². The fourth-order valence-electron chi connectivity index (χ4n) is 2.25. The summed E-state index contributed by atoms with van der Waals surface area (Å²) in [6.07, 6.45) is 1.63. The van der Waals surface area contributed by atoms with Gasteiger partial charge < -0.3 is 10.8 Å². The van der Waals surface area contributed by atoms with Crippen molar-refractivity contribution >= 4 is 5.84 Å². The molecule has 1 heterocycles. The van der Waals surface area contributed by atoms with Gasteiger partial charge in [0.25, 0.3) is 0 Å². The zero-order valence-corrected chi connectivity index (χ0v) is 11.9. The van der Waals surface area contributed by atoms with Crippen LogP contribution in [0.25, 0.3) is 0 Å². The SMILES string of the molecule is N=C(N)c1ncccc1CN(CCO)Cc1ccccc1. The molecule has 2 rings (SSSR count). The molecule has 0 aliphatic carbocycles. The number of benzene rings is 1. The summed E-state index contributed by atoms with van der Waals surface area (Å²) >= 11 is 0. The van der Waals surface area contributed by atoms with Crippen LogP contribution in [0, 0.1) is 5.41 Å². The van der Waals surface area contributed by atoms with Crippen LogP contribution in [0.3, 0.4) is 0 Å². The fraction of sp³-hybridized carbons (Fsp3) is 0.250. The molecule has 4 N–H and O–H groups in total. The minimum atomic E-state index is -0.0331. The molecule has 0 radical (unpaired) electrons. The van der Waals surface area contributed by atoms with Gasteiger partial charge in [-0.05, 0) is 17.2 Å². The first-order chi connectivity index (χ1) is 10.2. The third kappa shape index (κ3) is 4.37. The number of aliphatic hydroxyl groups excluding tert-OH is 1. The maximum atomic E-state index is 9.25. The van der Waals surface area contributed by atoms with Gasteiger partial charge in [0.1, 0.15) is 11.5 Å². The summed E-state index contributed by atoms with van der Waals surface area (Å²) < 4.78 is 0. The second-order valence-corrected chi connectivity index (χ2v) is 4.84. The van der Waals surface area contributed by atoms with E-state index in [-0.39, 0.29) is 12.4 Å². The number of hydrogen-bond acceptors (Lipinski definition) is 4. The van der Waals surface area contributed by atoms with Crippen LogP contribution in [0.1, 0.15) is 16.8 Å². The van der Waals surface area contributed by atoms with E-state index in [9.17, 15) is 5.11 Å². The third-order valence-corrected chi connectivity index (χ3v) is 3.21. The zero-order chi connectivity index (χ0) is 15.1. The van der Waals surface area contributed by atoms with Crippen LogP contribution in [0.2, 0.25) is 0 Å². The number of nitrogens with two attached hydrogens (primary N) is 1. The van der Waals surface area contributed by atoms with Gasteiger partial charge in [0.15, 0.2) is 0 Å². The zero-order valence-electron chi connectivity index (χ0n) is 11.9.